The molecule has 0 bridgehead atoms. The SMILES string of the molecule is O=C(CN1C(=O)c2cccc([N+](=O)[O-])c2C1=O)Nc1ccc(Cl)c(Cl)c1. The van der Waals surface area contributed by atoms with Crippen LogP contribution in [0.5, 0.6) is 0 Å². The summed E-state index contributed by atoms with van der Waals surface area (Å²) in [7, 11) is 0. The highest BCUT2D eigenvalue weighted by Crippen LogP contribution is 2.30. The largest absolute Gasteiger partial charge is 0.324 e. The van der Waals surface area contributed by atoms with Crippen LogP contribution in [-0.2, 0) is 4.79 Å². The lowest BCUT2D eigenvalue weighted by Crippen LogP contribution is -2.37. The van der Waals surface area contributed by atoms with Crippen molar-refractivity contribution in [2.75, 3.05) is 11.9 Å². The zero-order valence-corrected chi connectivity index (χ0v) is 14.4. The second-order valence-electron chi connectivity index (χ2n) is 5.33. The molecule has 3 rings (SSSR count). The van der Waals surface area contributed by atoms with Crippen molar-refractivity contribution in [1.29, 1.82) is 0 Å². The zero-order valence-electron chi connectivity index (χ0n) is 12.9. The van der Waals surface area contributed by atoms with Gasteiger partial charge in [0.15, 0.2) is 0 Å². The maximum atomic E-state index is 12.4. The van der Waals surface area contributed by atoms with E-state index in [1.165, 1.54) is 30.3 Å². The number of anilines is 1. The van der Waals surface area contributed by atoms with E-state index in [-0.39, 0.29) is 16.1 Å². The van der Waals surface area contributed by atoms with Gasteiger partial charge in [0.2, 0.25) is 5.91 Å². The molecular weight excluding hydrogens is 385 g/mol. The standard InChI is InChI=1S/C16H9Cl2N3O5/c17-10-5-4-8(6-11(10)18)19-13(22)7-20-15(23)9-2-1-3-12(21(25)26)14(9)16(20)24/h1-6H,7H2,(H,19,22). The number of nitro benzene ring substituents is 1. The Morgan fingerprint density at radius 1 is 1.12 bits per heavy atom. The lowest BCUT2D eigenvalue weighted by atomic mass is 10.1. The number of nitrogens with zero attached hydrogens (tertiary/aromatic N) is 2. The van der Waals surface area contributed by atoms with Crippen LogP contribution in [0.25, 0.3) is 0 Å². The van der Waals surface area contributed by atoms with Gasteiger partial charge in [-0.25, -0.2) is 0 Å². The van der Waals surface area contributed by atoms with Crippen molar-refractivity contribution in [2.45, 2.75) is 0 Å². The van der Waals surface area contributed by atoms with Crippen molar-refractivity contribution >= 4 is 52.3 Å². The molecule has 1 aliphatic heterocycles. The lowest BCUT2D eigenvalue weighted by molar-refractivity contribution is -0.385. The topological polar surface area (TPSA) is 110 Å². The second-order valence-corrected chi connectivity index (χ2v) is 6.14. The molecule has 3 amide bonds. The highest BCUT2D eigenvalue weighted by Gasteiger charge is 2.41. The fraction of sp³-hybridized carbons (Fsp3) is 0.0625. The first kappa shape index (κ1) is 17.8. The summed E-state index contributed by atoms with van der Waals surface area (Å²) < 4.78 is 0. The van der Waals surface area contributed by atoms with Crippen LogP contribution in [0, 0.1) is 10.1 Å². The summed E-state index contributed by atoms with van der Waals surface area (Å²) in [6.07, 6.45) is 0. The van der Waals surface area contributed by atoms with Gasteiger partial charge in [0.25, 0.3) is 17.5 Å². The average molecular weight is 394 g/mol. The minimum Gasteiger partial charge on any atom is -0.324 e. The molecule has 0 unspecified atom stereocenters. The Morgan fingerprint density at radius 2 is 1.85 bits per heavy atom. The Bertz CT molecular complexity index is 976. The van der Waals surface area contributed by atoms with Crippen LogP contribution in [0.3, 0.4) is 0 Å². The van der Waals surface area contributed by atoms with Gasteiger partial charge in [-0.05, 0) is 24.3 Å². The number of hydrogen-bond acceptors (Lipinski definition) is 5. The van der Waals surface area contributed by atoms with Gasteiger partial charge in [-0.15, -0.1) is 0 Å². The van der Waals surface area contributed by atoms with E-state index >= 15 is 0 Å². The molecular formula is C16H9Cl2N3O5. The molecule has 0 saturated heterocycles. The summed E-state index contributed by atoms with van der Waals surface area (Å²) in [5.41, 5.74) is -0.573. The van der Waals surface area contributed by atoms with E-state index in [4.69, 9.17) is 23.2 Å². The molecule has 132 valence electrons. The molecule has 0 aromatic heterocycles. The van der Waals surface area contributed by atoms with E-state index in [2.05, 4.69) is 5.32 Å². The number of imide groups is 1. The van der Waals surface area contributed by atoms with Crippen molar-refractivity contribution < 1.29 is 19.3 Å². The quantitative estimate of drug-likeness (QED) is 0.487. The first-order valence-electron chi connectivity index (χ1n) is 7.18. The van der Waals surface area contributed by atoms with E-state index in [1.807, 2.05) is 0 Å². The molecule has 2 aromatic rings. The van der Waals surface area contributed by atoms with Crippen LogP contribution in [0.1, 0.15) is 20.7 Å². The van der Waals surface area contributed by atoms with Gasteiger partial charge in [-0.3, -0.25) is 29.4 Å². The minimum absolute atomic E-state index is 0.105. The fourth-order valence-electron chi connectivity index (χ4n) is 2.53. The fourth-order valence-corrected chi connectivity index (χ4v) is 2.83. The maximum Gasteiger partial charge on any atom is 0.282 e. The van der Waals surface area contributed by atoms with Crippen molar-refractivity contribution in [3.63, 3.8) is 0 Å². The van der Waals surface area contributed by atoms with E-state index in [1.54, 1.807) is 0 Å². The molecule has 1 heterocycles. The number of hydrogen-bond donors (Lipinski definition) is 1. The molecule has 0 atom stereocenters. The Kier molecular flexibility index (Phi) is 4.62. The van der Waals surface area contributed by atoms with Crippen molar-refractivity contribution in [3.05, 3.63) is 67.7 Å². The van der Waals surface area contributed by atoms with Crippen LogP contribution >= 0.6 is 23.2 Å². The first-order valence-corrected chi connectivity index (χ1v) is 7.93. The highest BCUT2D eigenvalue weighted by molar-refractivity contribution is 6.42. The number of carbonyl (C=O) groups excluding carboxylic acids is 3. The Labute approximate surface area is 156 Å². The highest BCUT2D eigenvalue weighted by atomic mass is 35.5. The number of rotatable bonds is 4. The molecule has 0 fully saturated rings. The smallest absolute Gasteiger partial charge is 0.282 e. The Balaban J connectivity index is 1.80. The summed E-state index contributed by atoms with van der Waals surface area (Å²) in [6, 6.07) is 8.13. The predicted molar refractivity (Wildman–Crippen MR) is 93.6 cm³/mol. The average Bonchev–Trinajstić information content (AvgIpc) is 2.83. The Morgan fingerprint density at radius 3 is 2.50 bits per heavy atom. The van der Waals surface area contributed by atoms with Crippen LogP contribution in [0.15, 0.2) is 36.4 Å². The second kappa shape index (κ2) is 6.74. The number of nitro groups is 1. The van der Waals surface area contributed by atoms with Gasteiger partial charge in [0.05, 0.1) is 20.5 Å². The van der Waals surface area contributed by atoms with Crippen molar-refractivity contribution in [2.24, 2.45) is 0 Å². The monoisotopic (exact) mass is 393 g/mol. The van der Waals surface area contributed by atoms with Crippen molar-refractivity contribution in [1.82, 2.24) is 4.90 Å². The van der Waals surface area contributed by atoms with Crippen LogP contribution in [0.4, 0.5) is 11.4 Å². The number of halogens is 2. The van der Waals surface area contributed by atoms with Crippen LogP contribution in [-0.4, -0.2) is 34.1 Å². The van der Waals surface area contributed by atoms with Crippen molar-refractivity contribution in [3.8, 4) is 0 Å². The third kappa shape index (κ3) is 3.12. The summed E-state index contributed by atoms with van der Waals surface area (Å²) in [6.45, 7) is -0.594. The summed E-state index contributed by atoms with van der Waals surface area (Å²) in [5.74, 6) is -2.32. The molecule has 10 heteroatoms. The molecule has 2 aromatic carbocycles. The molecule has 0 spiro atoms. The number of nitrogens with one attached hydrogen (secondary N) is 1. The van der Waals surface area contributed by atoms with Gasteiger partial charge in [0, 0.05) is 11.8 Å². The van der Waals surface area contributed by atoms with E-state index < -0.39 is 34.9 Å². The van der Waals surface area contributed by atoms with Gasteiger partial charge in [0.1, 0.15) is 12.1 Å². The summed E-state index contributed by atoms with van der Waals surface area (Å²) >= 11 is 11.6. The van der Waals surface area contributed by atoms with Gasteiger partial charge < -0.3 is 5.32 Å². The lowest BCUT2D eigenvalue weighted by Gasteiger charge is -2.13. The zero-order chi connectivity index (χ0) is 19.0. The third-order valence-corrected chi connectivity index (χ3v) is 4.42. The Hall–Kier alpha value is -2.97. The number of amides is 3. The molecule has 26 heavy (non-hydrogen) atoms. The molecule has 0 aliphatic carbocycles. The third-order valence-electron chi connectivity index (χ3n) is 3.68. The van der Waals surface area contributed by atoms with Gasteiger partial charge >= 0.3 is 0 Å². The molecule has 1 N–H and O–H groups in total. The number of benzene rings is 2. The van der Waals surface area contributed by atoms with Crippen LogP contribution < -0.4 is 5.32 Å². The van der Waals surface area contributed by atoms with Crippen LogP contribution in [0.2, 0.25) is 10.0 Å². The summed E-state index contributed by atoms with van der Waals surface area (Å²) in [5, 5.41) is 14.1. The van der Waals surface area contributed by atoms with E-state index in [0.717, 1.165) is 6.07 Å². The van der Waals surface area contributed by atoms with Gasteiger partial charge in [-0.2, -0.15) is 0 Å². The van der Waals surface area contributed by atoms with Gasteiger partial charge in [-0.1, -0.05) is 29.3 Å². The molecule has 1 aliphatic rings. The number of fused-ring (bicyclic) bond motifs is 1. The molecule has 0 radical (unpaired) electrons. The minimum atomic E-state index is -0.887. The maximum absolute atomic E-state index is 12.4. The first-order chi connectivity index (χ1) is 12.3. The van der Waals surface area contributed by atoms with E-state index in [0.29, 0.717) is 15.6 Å². The normalized spacial score (nSPS) is 12.9. The molecule has 8 nitrogen and oxygen atoms in total. The number of carbonyl (C=O) groups is 3. The van der Waals surface area contributed by atoms with E-state index in [9.17, 15) is 24.5 Å². The molecule has 0 saturated carbocycles. The predicted octanol–water partition coefficient (Wildman–Crippen LogP) is 3.14. The summed E-state index contributed by atoms with van der Waals surface area (Å²) in [4.78, 5) is 47.9.